The number of anilines is 1. The molecule has 1 N–H and O–H groups in total. The number of benzene rings is 1. The van der Waals surface area contributed by atoms with Crippen LogP contribution in [-0.2, 0) is 10.0 Å². The molecule has 0 radical (unpaired) electrons. The molecular weight excluding hydrogens is 224 g/mol. The Kier molecular flexibility index (Phi) is 2.90. The van der Waals surface area contributed by atoms with Crippen molar-refractivity contribution < 1.29 is 8.42 Å². The molecule has 16 heavy (non-hydrogen) atoms. The Morgan fingerprint density at radius 2 is 2.06 bits per heavy atom. The lowest BCUT2D eigenvalue weighted by molar-refractivity contribution is 0.283. The van der Waals surface area contributed by atoms with Crippen LogP contribution in [0.25, 0.3) is 0 Å². The standard InChI is InChI=1S/C11H16N2O2S/c1-9-4-3-5-10(6-9)12-11-7-13(8-11)16(2,14)15/h3-6,11-12H,7-8H2,1-2H3. The maximum atomic E-state index is 11.2. The minimum absolute atomic E-state index is 0.233. The fraction of sp³-hybridized carbons (Fsp3) is 0.455. The highest BCUT2D eigenvalue weighted by molar-refractivity contribution is 7.88. The normalized spacial score (nSPS) is 18.1. The number of rotatable bonds is 3. The molecule has 5 heteroatoms. The molecule has 1 aliphatic heterocycles. The van der Waals surface area contributed by atoms with Crippen molar-refractivity contribution in [2.24, 2.45) is 0 Å². The van der Waals surface area contributed by atoms with Gasteiger partial charge < -0.3 is 5.32 Å². The highest BCUT2D eigenvalue weighted by Gasteiger charge is 2.32. The fourth-order valence-corrected chi connectivity index (χ4v) is 2.67. The summed E-state index contributed by atoms with van der Waals surface area (Å²) in [6, 6.07) is 8.31. The minimum Gasteiger partial charge on any atom is -0.380 e. The van der Waals surface area contributed by atoms with E-state index in [2.05, 4.69) is 11.4 Å². The van der Waals surface area contributed by atoms with Gasteiger partial charge in [0, 0.05) is 18.8 Å². The first-order valence-corrected chi connectivity index (χ1v) is 7.08. The van der Waals surface area contributed by atoms with Gasteiger partial charge in [-0.3, -0.25) is 0 Å². The van der Waals surface area contributed by atoms with Crippen LogP contribution in [0.4, 0.5) is 5.69 Å². The number of hydrogen-bond donors (Lipinski definition) is 1. The zero-order valence-corrected chi connectivity index (χ0v) is 10.3. The topological polar surface area (TPSA) is 49.4 Å². The lowest BCUT2D eigenvalue weighted by atomic mass is 10.1. The Hall–Kier alpha value is -1.07. The molecule has 1 heterocycles. The molecule has 2 rings (SSSR count). The van der Waals surface area contributed by atoms with E-state index in [0.29, 0.717) is 13.1 Å². The van der Waals surface area contributed by atoms with Crippen LogP contribution in [0.3, 0.4) is 0 Å². The Labute approximate surface area is 96.3 Å². The maximum Gasteiger partial charge on any atom is 0.211 e. The van der Waals surface area contributed by atoms with Crippen LogP contribution >= 0.6 is 0 Å². The van der Waals surface area contributed by atoms with E-state index in [0.717, 1.165) is 5.69 Å². The van der Waals surface area contributed by atoms with E-state index in [1.807, 2.05) is 25.1 Å². The van der Waals surface area contributed by atoms with Gasteiger partial charge in [0.25, 0.3) is 0 Å². The average Bonchev–Trinajstić information content (AvgIpc) is 2.08. The molecular formula is C11H16N2O2S. The second kappa shape index (κ2) is 4.07. The van der Waals surface area contributed by atoms with Crippen LogP contribution in [0.15, 0.2) is 24.3 Å². The van der Waals surface area contributed by atoms with E-state index < -0.39 is 10.0 Å². The summed E-state index contributed by atoms with van der Waals surface area (Å²) in [4.78, 5) is 0. The van der Waals surface area contributed by atoms with E-state index in [1.165, 1.54) is 16.1 Å². The second-order valence-electron chi connectivity index (χ2n) is 4.29. The first kappa shape index (κ1) is 11.4. The predicted octanol–water partition coefficient (Wildman–Crippen LogP) is 1.05. The number of aryl methyl sites for hydroxylation is 1. The summed E-state index contributed by atoms with van der Waals surface area (Å²) < 4.78 is 23.8. The van der Waals surface area contributed by atoms with Gasteiger partial charge in [-0.2, -0.15) is 4.31 Å². The number of sulfonamides is 1. The number of nitrogens with one attached hydrogen (secondary N) is 1. The van der Waals surface area contributed by atoms with Crippen molar-refractivity contribution in [1.29, 1.82) is 0 Å². The monoisotopic (exact) mass is 240 g/mol. The molecule has 0 amide bonds. The fourth-order valence-electron chi connectivity index (χ4n) is 1.77. The van der Waals surface area contributed by atoms with E-state index in [-0.39, 0.29) is 6.04 Å². The Morgan fingerprint density at radius 1 is 1.38 bits per heavy atom. The molecule has 0 aliphatic carbocycles. The first-order valence-electron chi connectivity index (χ1n) is 5.23. The third-order valence-corrected chi connectivity index (χ3v) is 3.94. The number of hydrogen-bond acceptors (Lipinski definition) is 3. The van der Waals surface area contributed by atoms with Crippen molar-refractivity contribution in [3.63, 3.8) is 0 Å². The van der Waals surface area contributed by atoms with Gasteiger partial charge in [-0.15, -0.1) is 0 Å². The molecule has 88 valence electrons. The van der Waals surface area contributed by atoms with Crippen LogP contribution < -0.4 is 5.32 Å². The van der Waals surface area contributed by atoms with Gasteiger partial charge in [0.15, 0.2) is 0 Å². The molecule has 0 spiro atoms. The lowest BCUT2D eigenvalue weighted by Gasteiger charge is -2.38. The Bertz CT molecular complexity index is 479. The largest absolute Gasteiger partial charge is 0.380 e. The first-order chi connectivity index (χ1) is 7.45. The third-order valence-electron chi connectivity index (χ3n) is 2.71. The average molecular weight is 240 g/mol. The maximum absolute atomic E-state index is 11.2. The molecule has 0 saturated carbocycles. The molecule has 0 bridgehead atoms. The van der Waals surface area contributed by atoms with Crippen LogP contribution in [0.1, 0.15) is 5.56 Å². The summed E-state index contributed by atoms with van der Waals surface area (Å²) >= 11 is 0. The van der Waals surface area contributed by atoms with Crippen molar-refractivity contribution in [3.8, 4) is 0 Å². The number of nitrogens with zero attached hydrogens (tertiary/aromatic N) is 1. The summed E-state index contributed by atoms with van der Waals surface area (Å²) in [7, 11) is -3.01. The molecule has 0 unspecified atom stereocenters. The summed E-state index contributed by atoms with van der Waals surface area (Å²) in [5.74, 6) is 0. The zero-order valence-electron chi connectivity index (χ0n) is 9.47. The highest BCUT2D eigenvalue weighted by atomic mass is 32.2. The SMILES string of the molecule is Cc1cccc(NC2CN(S(C)(=O)=O)C2)c1. The highest BCUT2D eigenvalue weighted by Crippen LogP contribution is 2.18. The van der Waals surface area contributed by atoms with Gasteiger partial charge in [0.05, 0.1) is 12.3 Å². The van der Waals surface area contributed by atoms with Crippen LogP contribution in [-0.4, -0.2) is 38.1 Å². The molecule has 0 atom stereocenters. The summed E-state index contributed by atoms with van der Waals surface area (Å²) in [5, 5.41) is 3.32. The minimum atomic E-state index is -3.01. The van der Waals surface area contributed by atoms with Crippen molar-refractivity contribution in [3.05, 3.63) is 29.8 Å². The van der Waals surface area contributed by atoms with E-state index in [1.54, 1.807) is 0 Å². The Morgan fingerprint density at radius 3 is 2.62 bits per heavy atom. The third kappa shape index (κ3) is 2.54. The molecule has 1 aromatic carbocycles. The van der Waals surface area contributed by atoms with Gasteiger partial charge in [-0.05, 0) is 24.6 Å². The van der Waals surface area contributed by atoms with Crippen molar-refractivity contribution >= 4 is 15.7 Å². The van der Waals surface area contributed by atoms with Gasteiger partial charge >= 0.3 is 0 Å². The molecule has 1 aliphatic rings. The van der Waals surface area contributed by atoms with E-state index >= 15 is 0 Å². The van der Waals surface area contributed by atoms with Gasteiger partial charge in [0.1, 0.15) is 0 Å². The van der Waals surface area contributed by atoms with Crippen molar-refractivity contribution in [1.82, 2.24) is 4.31 Å². The van der Waals surface area contributed by atoms with Crippen molar-refractivity contribution in [2.75, 3.05) is 24.7 Å². The summed E-state index contributed by atoms with van der Waals surface area (Å²) in [6.07, 6.45) is 1.25. The molecule has 4 nitrogen and oxygen atoms in total. The van der Waals surface area contributed by atoms with Gasteiger partial charge in [0.2, 0.25) is 10.0 Å². The van der Waals surface area contributed by atoms with Crippen LogP contribution in [0.2, 0.25) is 0 Å². The molecule has 1 aromatic rings. The van der Waals surface area contributed by atoms with Crippen LogP contribution in [0.5, 0.6) is 0 Å². The second-order valence-corrected chi connectivity index (χ2v) is 6.27. The Balaban J connectivity index is 1.91. The summed E-state index contributed by atoms with van der Waals surface area (Å²) in [6.45, 7) is 3.16. The zero-order chi connectivity index (χ0) is 11.8. The summed E-state index contributed by atoms with van der Waals surface area (Å²) in [5.41, 5.74) is 2.25. The molecule has 1 saturated heterocycles. The van der Waals surface area contributed by atoms with Crippen molar-refractivity contribution in [2.45, 2.75) is 13.0 Å². The van der Waals surface area contributed by atoms with Gasteiger partial charge in [-0.1, -0.05) is 12.1 Å². The molecule has 0 aromatic heterocycles. The molecule has 1 fully saturated rings. The van der Waals surface area contributed by atoms with E-state index in [9.17, 15) is 8.42 Å². The smallest absolute Gasteiger partial charge is 0.211 e. The lowest BCUT2D eigenvalue weighted by Crippen LogP contribution is -2.56. The van der Waals surface area contributed by atoms with E-state index in [4.69, 9.17) is 0 Å². The quantitative estimate of drug-likeness (QED) is 0.859. The van der Waals surface area contributed by atoms with Crippen LogP contribution in [0, 0.1) is 6.92 Å². The predicted molar refractivity (Wildman–Crippen MR) is 65.0 cm³/mol. The van der Waals surface area contributed by atoms with Gasteiger partial charge in [-0.25, -0.2) is 8.42 Å².